The van der Waals surface area contributed by atoms with Crippen LogP contribution in [0, 0.1) is 23.7 Å². The fourth-order valence-electron chi connectivity index (χ4n) is 5.31. The average molecular weight is 376 g/mol. The summed E-state index contributed by atoms with van der Waals surface area (Å²) in [6.45, 7) is 1.64. The fraction of sp³-hybridized carbons (Fsp3) is 0.435. The fourth-order valence-corrected chi connectivity index (χ4v) is 5.31. The van der Waals surface area contributed by atoms with Crippen molar-refractivity contribution in [3.05, 3.63) is 48.1 Å². The van der Waals surface area contributed by atoms with E-state index in [4.69, 9.17) is 0 Å². The SMILES string of the molecule is O=C(/C=C/c1cccc(N2C(=O)[C@@H]3[C@H](C2=O)[C@@H]2C=C[C@@H]3C2)c1)N1CCCCC1. The van der Waals surface area contributed by atoms with Crippen LogP contribution >= 0.6 is 0 Å². The molecule has 2 aliphatic heterocycles. The molecule has 4 aliphatic rings. The van der Waals surface area contributed by atoms with E-state index in [9.17, 15) is 14.4 Å². The maximum atomic E-state index is 13.0. The summed E-state index contributed by atoms with van der Waals surface area (Å²) in [6.07, 6.45) is 11.8. The first-order chi connectivity index (χ1) is 13.6. The van der Waals surface area contributed by atoms with Gasteiger partial charge < -0.3 is 4.90 Å². The lowest BCUT2D eigenvalue weighted by Crippen LogP contribution is -2.34. The van der Waals surface area contributed by atoms with Gasteiger partial charge in [0.1, 0.15) is 0 Å². The minimum absolute atomic E-state index is 0.0237. The first-order valence-corrected chi connectivity index (χ1v) is 10.3. The van der Waals surface area contributed by atoms with Crippen molar-refractivity contribution in [2.24, 2.45) is 23.7 Å². The van der Waals surface area contributed by atoms with Gasteiger partial charge >= 0.3 is 0 Å². The number of allylic oxidation sites excluding steroid dienone is 2. The molecule has 0 aromatic heterocycles. The van der Waals surface area contributed by atoms with E-state index in [1.165, 1.54) is 11.3 Å². The molecule has 0 spiro atoms. The zero-order valence-corrected chi connectivity index (χ0v) is 15.8. The van der Waals surface area contributed by atoms with Gasteiger partial charge in [0.2, 0.25) is 17.7 Å². The molecular weight excluding hydrogens is 352 g/mol. The van der Waals surface area contributed by atoms with Crippen LogP contribution in [0.4, 0.5) is 5.69 Å². The molecule has 2 heterocycles. The Morgan fingerprint density at radius 1 is 0.964 bits per heavy atom. The molecule has 2 aliphatic carbocycles. The number of anilines is 1. The third kappa shape index (κ3) is 2.72. The molecule has 5 rings (SSSR count). The molecule has 3 amide bonds. The van der Waals surface area contributed by atoms with Crippen LogP contribution in [-0.4, -0.2) is 35.7 Å². The third-order valence-electron chi connectivity index (χ3n) is 6.68. The van der Waals surface area contributed by atoms with Crippen molar-refractivity contribution in [1.29, 1.82) is 0 Å². The molecule has 2 saturated heterocycles. The molecule has 5 heteroatoms. The number of imide groups is 1. The normalized spacial score (nSPS) is 31.3. The number of amides is 3. The molecule has 5 nitrogen and oxygen atoms in total. The second-order valence-corrected chi connectivity index (χ2v) is 8.33. The number of fused-ring (bicyclic) bond motifs is 5. The van der Waals surface area contributed by atoms with E-state index < -0.39 is 0 Å². The van der Waals surface area contributed by atoms with Crippen LogP contribution in [0.15, 0.2) is 42.5 Å². The summed E-state index contributed by atoms with van der Waals surface area (Å²) in [6, 6.07) is 7.35. The molecule has 1 aromatic rings. The summed E-state index contributed by atoms with van der Waals surface area (Å²) in [4.78, 5) is 41.5. The minimum Gasteiger partial charge on any atom is -0.339 e. The van der Waals surface area contributed by atoms with Crippen LogP contribution in [0.2, 0.25) is 0 Å². The van der Waals surface area contributed by atoms with E-state index >= 15 is 0 Å². The monoisotopic (exact) mass is 376 g/mol. The summed E-state index contributed by atoms with van der Waals surface area (Å²) in [7, 11) is 0. The Bertz CT molecular complexity index is 867. The van der Waals surface area contributed by atoms with Gasteiger partial charge in [0.25, 0.3) is 0 Å². The van der Waals surface area contributed by atoms with E-state index in [1.54, 1.807) is 18.2 Å². The van der Waals surface area contributed by atoms with Crippen LogP contribution < -0.4 is 4.90 Å². The number of rotatable bonds is 3. The Morgan fingerprint density at radius 2 is 1.64 bits per heavy atom. The number of hydrogen-bond acceptors (Lipinski definition) is 3. The van der Waals surface area contributed by atoms with Crippen LogP contribution in [0.3, 0.4) is 0 Å². The van der Waals surface area contributed by atoms with Gasteiger partial charge in [0.05, 0.1) is 17.5 Å². The molecule has 3 fully saturated rings. The molecule has 2 bridgehead atoms. The largest absolute Gasteiger partial charge is 0.339 e. The van der Waals surface area contributed by atoms with Gasteiger partial charge in [-0.25, -0.2) is 4.90 Å². The Morgan fingerprint density at radius 3 is 2.32 bits per heavy atom. The maximum absolute atomic E-state index is 13.0. The Labute approximate surface area is 164 Å². The number of carbonyl (C=O) groups is 3. The van der Waals surface area contributed by atoms with Crippen molar-refractivity contribution < 1.29 is 14.4 Å². The lowest BCUT2D eigenvalue weighted by atomic mass is 9.85. The van der Waals surface area contributed by atoms with Crippen molar-refractivity contribution in [2.75, 3.05) is 18.0 Å². The maximum Gasteiger partial charge on any atom is 0.246 e. The van der Waals surface area contributed by atoms with Gasteiger partial charge in [-0.3, -0.25) is 14.4 Å². The molecule has 144 valence electrons. The van der Waals surface area contributed by atoms with Gasteiger partial charge in [0.15, 0.2) is 0 Å². The van der Waals surface area contributed by atoms with Crippen molar-refractivity contribution in [3.8, 4) is 0 Å². The third-order valence-corrected chi connectivity index (χ3v) is 6.68. The molecule has 0 unspecified atom stereocenters. The topological polar surface area (TPSA) is 57.7 Å². The summed E-state index contributed by atoms with van der Waals surface area (Å²) in [5, 5.41) is 0. The highest BCUT2D eigenvalue weighted by Crippen LogP contribution is 2.53. The lowest BCUT2D eigenvalue weighted by molar-refractivity contribution is -0.127. The van der Waals surface area contributed by atoms with Gasteiger partial charge in [-0.15, -0.1) is 0 Å². The second-order valence-electron chi connectivity index (χ2n) is 8.33. The van der Waals surface area contributed by atoms with Gasteiger partial charge in [0, 0.05) is 19.2 Å². The molecular formula is C23H24N2O3. The van der Waals surface area contributed by atoms with Crippen LogP contribution in [-0.2, 0) is 14.4 Å². The molecule has 4 atom stereocenters. The van der Waals surface area contributed by atoms with Crippen molar-refractivity contribution >= 4 is 29.5 Å². The highest BCUT2D eigenvalue weighted by atomic mass is 16.2. The zero-order chi connectivity index (χ0) is 19.3. The van der Waals surface area contributed by atoms with Crippen LogP contribution in [0.1, 0.15) is 31.2 Å². The predicted octanol–water partition coefficient (Wildman–Crippen LogP) is 3.02. The average Bonchev–Trinajstić information content (AvgIpc) is 3.41. The quantitative estimate of drug-likeness (QED) is 0.463. The summed E-state index contributed by atoms with van der Waals surface area (Å²) in [5.74, 6) is -0.0847. The molecule has 0 radical (unpaired) electrons. The van der Waals surface area contributed by atoms with Crippen molar-refractivity contribution in [1.82, 2.24) is 4.90 Å². The highest BCUT2D eigenvalue weighted by molar-refractivity contribution is 6.22. The highest BCUT2D eigenvalue weighted by Gasteiger charge is 2.59. The van der Waals surface area contributed by atoms with E-state index in [0.29, 0.717) is 5.69 Å². The predicted molar refractivity (Wildman–Crippen MR) is 106 cm³/mol. The van der Waals surface area contributed by atoms with Gasteiger partial charge in [-0.05, 0) is 61.3 Å². The Kier molecular flexibility index (Phi) is 4.18. The molecule has 1 saturated carbocycles. The number of piperidine rings is 1. The Balaban J connectivity index is 1.35. The van der Waals surface area contributed by atoms with E-state index in [-0.39, 0.29) is 41.4 Å². The number of benzene rings is 1. The van der Waals surface area contributed by atoms with E-state index in [2.05, 4.69) is 12.2 Å². The Hall–Kier alpha value is -2.69. The van der Waals surface area contributed by atoms with Crippen molar-refractivity contribution in [3.63, 3.8) is 0 Å². The minimum atomic E-state index is -0.192. The summed E-state index contributed by atoms with van der Waals surface area (Å²) < 4.78 is 0. The first kappa shape index (κ1) is 17.4. The molecule has 1 aromatic carbocycles. The van der Waals surface area contributed by atoms with E-state index in [0.717, 1.165) is 37.9 Å². The lowest BCUT2D eigenvalue weighted by Gasteiger charge is -2.25. The molecule has 28 heavy (non-hydrogen) atoms. The summed E-state index contributed by atoms with van der Waals surface area (Å²) in [5.41, 5.74) is 1.43. The second kappa shape index (κ2) is 6.73. The van der Waals surface area contributed by atoms with E-state index in [1.807, 2.05) is 23.1 Å². The number of carbonyl (C=O) groups excluding carboxylic acids is 3. The van der Waals surface area contributed by atoms with Crippen molar-refractivity contribution in [2.45, 2.75) is 25.7 Å². The molecule has 0 N–H and O–H groups in total. The number of likely N-dealkylation sites (tertiary alicyclic amines) is 1. The zero-order valence-electron chi connectivity index (χ0n) is 15.8. The standard InChI is InChI=1S/C23H24N2O3/c26-19(24-11-2-1-3-12-24)10-7-15-5-4-6-18(13-15)25-22(27)20-16-8-9-17(14-16)21(20)23(25)28/h4-10,13,16-17,20-21H,1-3,11-12,14H2/b10-7+/t16-,17-,20-,21+/m1/s1. The smallest absolute Gasteiger partial charge is 0.246 e. The number of hydrogen-bond donors (Lipinski definition) is 0. The first-order valence-electron chi connectivity index (χ1n) is 10.3. The van der Waals surface area contributed by atoms with Crippen LogP contribution in [0.25, 0.3) is 6.08 Å². The van der Waals surface area contributed by atoms with Crippen LogP contribution in [0.5, 0.6) is 0 Å². The van der Waals surface area contributed by atoms with Gasteiger partial charge in [-0.2, -0.15) is 0 Å². The summed E-state index contributed by atoms with van der Waals surface area (Å²) >= 11 is 0. The number of nitrogens with zero attached hydrogens (tertiary/aromatic N) is 2. The van der Waals surface area contributed by atoms with Gasteiger partial charge in [-0.1, -0.05) is 24.3 Å².